The van der Waals surface area contributed by atoms with Gasteiger partial charge in [0.1, 0.15) is 0 Å². The van der Waals surface area contributed by atoms with Gasteiger partial charge in [-0.05, 0) is 24.3 Å². The Kier molecular flexibility index (Phi) is 2.25. The molecule has 1 saturated heterocycles. The molecular formula is C10H8ClNO2. The number of benzene rings is 1. The summed E-state index contributed by atoms with van der Waals surface area (Å²) < 4.78 is 0. The molecule has 1 fully saturated rings. The van der Waals surface area contributed by atoms with Crippen LogP contribution in [0.4, 0.5) is 5.69 Å². The van der Waals surface area contributed by atoms with Crippen LogP contribution >= 0.6 is 11.6 Å². The summed E-state index contributed by atoms with van der Waals surface area (Å²) in [6.07, 6.45) is 0.307. The predicted octanol–water partition coefficient (Wildman–Crippen LogP) is 1.65. The van der Waals surface area contributed by atoms with Gasteiger partial charge in [-0.25, -0.2) is 0 Å². The highest BCUT2D eigenvalue weighted by Gasteiger charge is 2.29. The Hall–Kier alpha value is -1.35. The number of amides is 1. The third-order valence-electron chi connectivity index (χ3n) is 2.18. The fraction of sp³-hybridized carbons (Fsp3) is 0.200. The van der Waals surface area contributed by atoms with E-state index < -0.39 is 5.91 Å². The molecule has 1 amide bonds. The average Bonchev–Trinajstić information content (AvgIpc) is 2.50. The van der Waals surface area contributed by atoms with Crippen molar-refractivity contribution in [1.29, 1.82) is 0 Å². The minimum absolute atomic E-state index is 0.307. The van der Waals surface area contributed by atoms with Gasteiger partial charge in [0.25, 0.3) is 5.91 Å². The number of Topliss-reactive ketones (excluding diaryl/α,β-unsaturated/α-hetero) is 1. The summed E-state index contributed by atoms with van der Waals surface area (Å²) in [5.41, 5.74) is 0.727. The van der Waals surface area contributed by atoms with Crippen LogP contribution < -0.4 is 4.90 Å². The monoisotopic (exact) mass is 209 g/mol. The smallest absolute Gasteiger partial charge is 0.294 e. The van der Waals surface area contributed by atoms with Crippen LogP contribution in [-0.4, -0.2) is 18.2 Å². The zero-order valence-corrected chi connectivity index (χ0v) is 8.12. The molecule has 0 radical (unpaired) electrons. The molecule has 0 saturated carbocycles. The van der Waals surface area contributed by atoms with Gasteiger partial charge in [-0.2, -0.15) is 0 Å². The molecule has 0 atom stereocenters. The third kappa shape index (κ3) is 1.51. The molecule has 2 rings (SSSR count). The molecule has 0 bridgehead atoms. The number of halogens is 1. The van der Waals surface area contributed by atoms with Crippen molar-refractivity contribution in [3.63, 3.8) is 0 Å². The Morgan fingerprint density at radius 1 is 1.14 bits per heavy atom. The van der Waals surface area contributed by atoms with Crippen molar-refractivity contribution in [1.82, 2.24) is 0 Å². The summed E-state index contributed by atoms with van der Waals surface area (Å²) in [4.78, 5) is 23.8. The van der Waals surface area contributed by atoms with Crippen molar-refractivity contribution < 1.29 is 9.59 Å². The summed E-state index contributed by atoms with van der Waals surface area (Å²) in [7, 11) is 0. The molecule has 0 aromatic heterocycles. The Morgan fingerprint density at radius 3 is 2.29 bits per heavy atom. The fourth-order valence-electron chi connectivity index (χ4n) is 1.44. The van der Waals surface area contributed by atoms with E-state index >= 15 is 0 Å². The summed E-state index contributed by atoms with van der Waals surface area (Å²) >= 11 is 5.71. The molecule has 3 nitrogen and oxygen atoms in total. The Balaban J connectivity index is 2.28. The lowest BCUT2D eigenvalue weighted by Crippen LogP contribution is -2.26. The lowest BCUT2D eigenvalue weighted by molar-refractivity contribution is -0.133. The van der Waals surface area contributed by atoms with Crippen molar-refractivity contribution in [3.8, 4) is 0 Å². The molecule has 1 aliphatic rings. The SMILES string of the molecule is O=C1CCN(c2ccc(Cl)cc2)C1=O. The number of rotatable bonds is 1. The van der Waals surface area contributed by atoms with Crippen molar-refractivity contribution >= 4 is 29.0 Å². The van der Waals surface area contributed by atoms with Crippen LogP contribution in [0.5, 0.6) is 0 Å². The number of anilines is 1. The van der Waals surface area contributed by atoms with Gasteiger partial charge in [0.2, 0.25) is 5.78 Å². The zero-order valence-electron chi connectivity index (χ0n) is 7.37. The highest BCUT2D eigenvalue weighted by molar-refractivity contribution is 6.43. The zero-order chi connectivity index (χ0) is 10.1. The predicted molar refractivity (Wildman–Crippen MR) is 53.4 cm³/mol. The van der Waals surface area contributed by atoms with E-state index in [0.717, 1.165) is 5.69 Å². The van der Waals surface area contributed by atoms with Crippen LogP contribution in [0.1, 0.15) is 6.42 Å². The standard InChI is InChI=1S/C10H8ClNO2/c11-7-1-3-8(4-2-7)12-6-5-9(13)10(12)14/h1-4H,5-6H2. The van der Waals surface area contributed by atoms with Gasteiger partial charge < -0.3 is 4.90 Å². The van der Waals surface area contributed by atoms with Gasteiger partial charge in [0, 0.05) is 23.7 Å². The fourth-order valence-corrected chi connectivity index (χ4v) is 1.57. The number of nitrogens with zero attached hydrogens (tertiary/aromatic N) is 1. The topological polar surface area (TPSA) is 37.4 Å². The number of ketones is 1. The molecule has 72 valence electrons. The normalized spacial score (nSPS) is 16.5. The molecular weight excluding hydrogens is 202 g/mol. The van der Waals surface area contributed by atoms with Crippen LogP contribution in [-0.2, 0) is 9.59 Å². The molecule has 1 aromatic carbocycles. The number of carbonyl (C=O) groups is 2. The van der Waals surface area contributed by atoms with Crippen LogP contribution in [0.2, 0.25) is 5.02 Å². The summed E-state index contributed by atoms with van der Waals surface area (Å²) in [5.74, 6) is -0.743. The van der Waals surface area contributed by atoms with Gasteiger partial charge in [-0.1, -0.05) is 11.6 Å². The van der Waals surface area contributed by atoms with E-state index in [1.807, 2.05) is 0 Å². The molecule has 0 unspecified atom stereocenters. The number of hydrogen-bond acceptors (Lipinski definition) is 2. The van der Waals surface area contributed by atoms with E-state index in [1.54, 1.807) is 24.3 Å². The molecule has 0 N–H and O–H groups in total. The van der Waals surface area contributed by atoms with Crippen LogP contribution in [0, 0.1) is 0 Å². The first kappa shape index (κ1) is 9.21. The van der Waals surface area contributed by atoms with Gasteiger partial charge >= 0.3 is 0 Å². The Bertz CT molecular complexity index is 386. The molecule has 0 aliphatic carbocycles. The van der Waals surface area contributed by atoms with Crippen molar-refractivity contribution in [3.05, 3.63) is 29.3 Å². The van der Waals surface area contributed by atoms with Crippen molar-refractivity contribution in [2.24, 2.45) is 0 Å². The van der Waals surface area contributed by atoms with E-state index in [4.69, 9.17) is 11.6 Å². The minimum atomic E-state index is -0.424. The Morgan fingerprint density at radius 2 is 1.79 bits per heavy atom. The first-order valence-electron chi connectivity index (χ1n) is 4.29. The van der Waals surface area contributed by atoms with Gasteiger partial charge in [0.05, 0.1) is 0 Å². The maximum Gasteiger partial charge on any atom is 0.294 e. The largest absolute Gasteiger partial charge is 0.305 e. The highest BCUT2D eigenvalue weighted by atomic mass is 35.5. The lowest BCUT2D eigenvalue weighted by atomic mass is 10.3. The quantitative estimate of drug-likeness (QED) is 0.660. The van der Waals surface area contributed by atoms with Gasteiger partial charge in [-0.15, -0.1) is 0 Å². The molecule has 14 heavy (non-hydrogen) atoms. The first-order valence-corrected chi connectivity index (χ1v) is 4.66. The maximum atomic E-state index is 11.3. The Labute approximate surface area is 86.3 Å². The molecule has 0 spiro atoms. The number of carbonyl (C=O) groups excluding carboxylic acids is 2. The van der Waals surface area contributed by atoms with E-state index in [9.17, 15) is 9.59 Å². The average molecular weight is 210 g/mol. The maximum absolute atomic E-state index is 11.3. The van der Waals surface area contributed by atoms with E-state index in [1.165, 1.54) is 4.90 Å². The van der Waals surface area contributed by atoms with E-state index in [2.05, 4.69) is 0 Å². The minimum Gasteiger partial charge on any atom is -0.305 e. The van der Waals surface area contributed by atoms with E-state index in [0.29, 0.717) is 18.0 Å². The second-order valence-electron chi connectivity index (χ2n) is 3.11. The highest BCUT2D eigenvalue weighted by Crippen LogP contribution is 2.21. The lowest BCUT2D eigenvalue weighted by Gasteiger charge is -2.13. The van der Waals surface area contributed by atoms with E-state index in [-0.39, 0.29) is 5.78 Å². The molecule has 4 heteroatoms. The van der Waals surface area contributed by atoms with Crippen LogP contribution in [0.3, 0.4) is 0 Å². The number of hydrogen-bond donors (Lipinski definition) is 0. The second kappa shape index (κ2) is 3.42. The second-order valence-corrected chi connectivity index (χ2v) is 3.54. The van der Waals surface area contributed by atoms with Crippen LogP contribution in [0.15, 0.2) is 24.3 Å². The van der Waals surface area contributed by atoms with Crippen molar-refractivity contribution in [2.45, 2.75) is 6.42 Å². The molecule has 1 aromatic rings. The van der Waals surface area contributed by atoms with Gasteiger partial charge in [0.15, 0.2) is 0 Å². The molecule has 1 heterocycles. The first-order chi connectivity index (χ1) is 6.68. The van der Waals surface area contributed by atoms with Gasteiger partial charge in [-0.3, -0.25) is 9.59 Å². The third-order valence-corrected chi connectivity index (χ3v) is 2.44. The summed E-state index contributed by atoms with van der Waals surface area (Å²) in [6, 6.07) is 6.87. The molecule has 1 aliphatic heterocycles. The summed E-state index contributed by atoms with van der Waals surface area (Å²) in [5, 5.41) is 0.617. The summed E-state index contributed by atoms with van der Waals surface area (Å²) in [6.45, 7) is 0.472. The van der Waals surface area contributed by atoms with Crippen LogP contribution in [0.25, 0.3) is 0 Å². The van der Waals surface area contributed by atoms with Crippen molar-refractivity contribution in [2.75, 3.05) is 11.4 Å².